The summed E-state index contributed by atoms with van der Waals surface area (Å²) in [5.74, 6) is 0.614. The Morgan fingerprint density at radius 2 is 1.90 bits per heavy atom. The molecule has 0 amide bonds. The lowest BCUT2D eigenvalue weighted by atomic mass is 9.99. The molecule has 1 unspecified atom stereocenters. The molecule has 0 saturated heterocycles. The topological polar surface area (TPSA) is 21.3 Å². The second kappa shape index (κ2) is 6.86. The maximum absolute atomic E-state index is 13.3. The van der Waals surface area contributed by atoms with Crippen LogP contribution < -0.4 is 10.1 Å². The summed E-state index contributed by atoms with van der Waals surface area (Å²) in [4.78, 5) is 0. The van der Waals surface area contributed by atoms with Crippen LogP contribution in [0.25, 0.3) is 0 Å². The monoisotopic (exact) mass is 337 g/mol. The average molecular weight is 338 g/mol. The second-order valence-corrected chi connectivity index (χ2v) is 5.41. The van der Waals surface area contributed by atoms with Gasteiger partial charge in [-0.2, -0.15) is 0 Å². The van der Waals surface area contributed by atoms with Crippen LogP contribution in [0.15, 0.2) is 46.9 Å². The molecule has 0 aliphatic rings. The molecule has 0 aromatic heterocycles. The van der Waals surface area contributed by atoms with Gasteiger partial charge >= 0.3 is 0 Å². The summed E-state index contributed by atoms with van der Waals surface area (Å²) in [6.45, 7) is 0. The van der Waals surface area contributed by atoms with Gasteiger partial charge in [-0.15, -0.1) is 0 Å². The highest BCUT2D eigenvalue weighted by Crippen LogP contribution is 2.25. The molecule has 1 atom stereocenters. The van der Waals surface area contributed by atoms with Crippen molar-refractivity contribution < 1.29 is 9.13 Å². The number of hydrogen-bond donors (Lipinski definition) is 1. The number of rotatable bonds is 5. The van der Waals surface area contributed by atoms with Crippen LogP contribution >= 0.6 is 15.9 Å². The highest BCUT2D eigenvalue weighted by Gasteiger charge is 2.12. The van der Waals surface area contributed by atoms with Crippen LogP contribution in [0.4, 0.5) is 4.39 Å². The molecular formula is C16H17BrFNO. The van der Waals surface area contributed by atoms with Crippen molar-refractivity contribution in [2.45, 2.75) is 12.5 Å². The SMILES string of the molecule is CNC(Cc1cc(F)ccc1Br)c1ccc(OC)cc1. The smallest absolute Gasteiger partial charge is 0.123 e. The number of methoxy groups -OCH3 is 1. The molecule has 2 nitrogen and oxygen atoms in total. The Kier molecular flexibility index (Phi) is 5.15. The standard InChI is InChI=1S/C16H17BrFNO/c1-19-16(11-3-6-14(20-2)7-4-11)10-12-9-13(18)5-8-15(12)17/h3-9,16,19H,10H2,1-2H3. The molecule has 2 rings (SSSR count). The van der Waals surface area contributed by atoms with Gasteiger partial charge in [0.05, 0.1) is 7.11 Å². The van der Waals surface area contributed by atoms with E-state index in [1.165, 1.54) is 6.07 Å². The van der Waals surface area contributed by atoms with Gasteiger partial charge in [0.2, 0.25) is 0 Å². The quantitative estimate of drug-likeness (QED) is 0.886. The van der Waals surface area contributed by atoms with Crippen LogP contribution in [0, 0.1) is 5.82 Å². The van der Waals surface area contributed by atoms with Crippen molar-refractivity contribution in [3.05, 3.63) is 63.9 Å². The highest BCUT2D eigenvalue weighted by molar-refractivity contribution is 9.10. The number of ether oxygens (including phenoxy) is 1. The predicted molar refractivity (Wildman–Crippen MR) is 82.6 cm³/mol. The van der Waals surface area contributed by atoms with E-state index in [1.54, 1.807) is 19.2 Å². The molecule has 4 heteroatoms. The van der Waals surface area contributed by atoms with Crippen LogP contribution in [-0.2, 0) is 6.42 Å². The van der Waals surface area contributed by atoms with Gasteiger partial charge in [0.15, 0.2) is 0 Å². The minimum atomic E-state index is -0.215. The fraction of sp³-hybridized carbons (Fsp3) is 0.250. The van der Waals surface area contributed by atoms with Crippen molar-refractivity contribution in [1.29, 1.82) is 0 Å². The lowest BCUT2D eigenvalue weighted by Gasteiger charge is -2.18. The van der Waals surface area contributed by atoms with Crippen LogP contribution in [0.5, 0.6) is 5.75 Å². The molecule has 0 spiro atoms. The number of halogens is 2. The first kappa shape index (κ1) is 15.0. The first-order chi connectivity index (χ1) is 9.63. The summed E-state index contributed by atoms with van der Waals surface area (Å²) in [7, 11) is 3.55. The van der Waals surface area contributed by atoms with Gasteiger partial charge in [0.25, 0.3) is 0 Å². The van der Waals surface area contributed by atoms with E-state index in [9.17, 15) is 4.39 Å². The maximum Gasteiger partial charge on any atom is 0.123 e. The van der Waals surface area contributed by atoms with Gasteiger partial charge < -0.3 is 10.1 Å². The molecule has 0 fully saturated rings. The molecule has 0 radical (unpaired) electrons. The molecular weight excluding hydrogens is 321 g/mol. The van der Waals surface area contributed by atoms with E-state index in [1.807, 2.05) is 31.3 Å². The average Bonchev–Trinajstić information content (AvgIpc) is 2.48. The van der Waals surface area contributed by atoms with Gasteiger partial charge in [0.1, 0.15) is 11.6 Å². The Morgan fingerprint density at radius 1 is 1.20 bits per heavy atom. The number of hydrogen-bond acceptors (Lipinski definition) is 2. The molecule has 106 valence electrons. The molecule has 0 heterocycles. The van der Waals surface area contributed by atoms with Crippen LogP contribution in [0.3, 0.4) is 0 Å². The fourth-order valence-electron chi connectivity index (χ4n) is 2.14. The van der Waals surface area contributed by atoms with Crippen molar-refractivity contribution in [2.75, 3.05) is 14.2 Å². The van der Waals surface area contributed by atoms with E-state index in [2.05, 4.69) is 21.2 Å². The minimum absolute atomic E-state index is 0.124. The fourth-order valence-corrected chi connectivity index (χ4v) is 2.55. The second-order valence-electron chi connectivity index (χ2n) is 4.55. The molecule has 2 aromatic carbocycles. The highest BCUT2D eigenvalue weighted by atomic mass is 79.9. The van der Waals surface area contributed by atoms with E-state index < -0.39 is 0 Å². The lowest BCUT2D eigenvalue weighted by Crippen LogP contribution is -2.19. The van der Waals surface area contributed by atoms with Gasteiger partial charge in [-0.05, 0) is 54.9 Å². The van der Waals surface area contributed by atoms with Gasteiger partial charge in [-0.25, -0.2) is 4.39 Å². The molecule has 0 aliphatic carbocycles. The third kappa shape index (κ3) is 3.58. The third-order valence-corrected chi connectivity index (χ3v) is 4.07. The summed E-state index contributed by atoms with van der Waals surface area (Å²) >= 11 is 3.47. The lowest BCUT2D eigenvalue weighted by molar-refractivity contribution is 0.414. The van der Waals surface area contributed by atoms with Crippen LogP contribution in [0.2, 0.25) is 0 Å². The van der Waals surface area contributed by atoms with Gasteiger partial charge in [-0.3, -0.25) is 0 Å². The van der Waals surface area contributed by atoms with Crippen molar-refractivity contribution in [1.82, 2.24) is 5.32 Å². The van der Waals surface area contributed by atoms with Crippen molar-refractivity contribution in [2.24, 2.45) is 0 Å². The molecule has 1 N–H and O–H groups in total. The third-order valence-electron chi connectivity index (χ3n) is 3.30. The summed E-state index contributed by atoms with van der Waals surface area (Å²) in [6.07, 6.45) is 0.709. The summed E-state index contributed by atoms with van der Waals surface area (Å²) in [6, 6.07) is 12.8. The number of benzene rings is 2. The minimum Gasteiger partial charge on any atom is -0.497 e. The summed E-state index contributed by atoms with van der Waals surface area (Å²) in [5, 5.41) is 3.27. The van der Waals surface area contributed by atoms with Gasteiger partial charge in [-0.1, -0.05) is 28.1 Å². The molecule has 0 aliphatic heterocycles. The predicted octanol–water partition coefficient (Wildman–Crippen LogP) is 4.10. The van der Waals surface area contributed by atoms with Crippen molar-refractivity contribution in [3.63, 3.8) is 0 Å². The normalized spacial score (nSPS) is 12.2. The van der Waals surface area contributed by atoms with E-state index in [4.69, 9.17) is 4.74 Å². The summed E-state index contributed by atoms with van der Waals surface area (Å²) in [5.41, 5.74) is 2.09. The first-order valence-electron chi connectivity index (χ1n) is 6.39. The Bertz CT molecular complexity index is 571. The molecule has 0 bridgehead atoms. The van der Waals surface area contributed by atoms with E-state index in [0.29, 0.717) is 6.42 Å². The zero-order valence-electron chi connectivity index (χ0n) is 11.5. The largest absolute Gasteiger partial charge is 0.497 e. The zero-order valence-corrected chi connectivity index (χ0v) is 13.1. The van der Waals surface area contributed by atoms with E-state index in [-0.39, 0.29) is 11.9 Å². The molecule has 20 heavy (non-hydrogen) atoms. The number of nitrogens with one attached hydrogen (secondary N) is 1. The molecule has 0 saturated carbocycles. The first-order valence-corrected chi connectivity index (χ1v) is 7.18. The number of likely N-dealkylation sites (N-methyl/N-ethyl adjacent to an activating group) is 1. The Labute approximate surface area is 127 Å². The van der Waals surface area contributed by atoms with Crippen molar-refractivity contribution >= 4 is 15.9 Å². The summed E-state index contributed by atoms with van der Waals surface area (Å²) < 4.78 is 19.4. The van der Waals surface area contributed by atoms with Gasteiger partial charge in [0, 0.05) is 10.5 Å². The maximum atomic E-state index is 13.3. The van der Waals surface area contributed by atoms with Crippen LogP contribution in [0.1, 0.15) is 17.2 Å². The Hall–Kier alpha value is -1.39. The van der Waals surface area contributed by atoms with Crippen molar-refractivity contribution in [3.8, 4) is 5.75 Å². The van der Waals surface area contributed by atoms with E-state index in [0.717, 1.165) is 21.3 Å². The molecule has 2 aromatic rings. The Balaban J connectivity index is 2.21. The van der Waals surface area contributed by atoms with E-state index >= 15 is 0 Å². The Morgan fingerprint density at radius 3 is 2.50 bits per heavy atom. The zero-order chi connectivity index (χ0) is 14.5. The van der Waals surface area contributed by atoms with Crippen LogP contribution in [-0.4, -0.2) is 14.2 Å².